The van der Waals surface area contributed by atoms with Gasteiger partial charge >= 0.3 is 0 Å². The van der Waals surface area contributed by atoms with Crippen LogP contribution in [0.1, 0.15) is 49.8 Å². The Hall–Kier alpha value is -6.19. The molecule has 11 atom stereocenters. The van der Waals surface area contributed by atoms with Gasteiger partial charge in [-0.05, 0) is 62.4 Å². The Bertz CT molecular complexity index is 2600. The molecule has 77 heavy (non-hydrogen) atoms. The second-order valence-electron chi connectivity index (χ2n) is 18.7. The van der Waals surface area contributed by atoms with E-state index in [9.17, 15) is 53.7 Å². The fourth-order valence-electron chi connectivity index (χ4n) is 8.18. The lowest BCUT2D eigenvalue weighted by Gasteiger charge is -2.29. The number of para-hydroxylation sites is 1. The number of carbonyl (C=O) groups excluding carboxylic acids is 8. The first kappa shape index (κ1) is 61.7. The number of amides is 8. The fraction of sp³-hybridized carbons (Fsp3) is 0.462. The predicted octanol–water partition coefficient (Wildman–Crippen LogP) is -1.39. The van der Waals surface area contributed by atoms with Crippen molar-refractivity contribution in [2.75, 3.05) is 30.4 Å². The van der Waals surface area contributed by atoms with E-state index >= 15 is 0 Å². The summed E-state index contributed by atoms with van der Waals surface area (Å²) in [5, 5.41) is 53.3. The number of aromatic amines is 1. The van der Waals surface area contributed by atoms with E-state index in [-0.39, 0.29) is 49.5 Å². The molecule has 0 radical (unpaired) electrons. The van der Waals surface area contributed by atoms with Gasteiger partial charge in [-0.2, -0.15) is 12.6 Å². The van der Waals surface area contributed by atoms with Crippen LogP contribution in [0, 0.1) is 0 Å². The third-order valence-corrected chi connectivity index (χ3v) is 15.5. The van der Waals surface area contributed by atoms with E-state index in [0.29, 0.717) is 29.5 Å². The molecule has 0 bridgehead atoms. The molecule has 0 saturated carbocycles. The van der Waals surface area contributed by atoms with Crippen molar-refractivity contribution in [3.05, 3.63) is 108 Å². The Morgan fingerprint density at radius 3 is 1.95 bits per heavy atom. The molecule has 1 aliphatic heterocycles. The van der Waals surface area contributed by atoms with Gasteiger partial charge in [0.15, 0.2) is 0 Å². The Labute approximate surface area is 460 Å². The number of hydrogen-bond acceptors (Lipinski definition) is 16. The summed E-state index contributed by atoms with van der Waals surface area (Å²) in [5.74, 6) is -7.25. The third-order valence-electron chi connectivity index (χ3n) is 12.7. The number of nitrogens with one attached hydrogen (secondary N) is 9. The lowest BCUT2D eigenvalue weighted by molar-refractivity contribution is -0.136. The summed E-state index contributed by atoms with van der Waals surface area (Å²) in [6.45, 7) is 2.15. The summed E-state index contributed by atoms with van der Waals surface area (Å²) >= 11 is 4.14. The van der Waals surface area contributed by atoms with Crippen LogP contribution in [0.3, 0.4) is 0 Å². The predicted molar refractivity (Wildman–Crippen MR) is 298 cm³/mol. The van der Waals surface area contributed by atoms with Gasteiger partial charge in [0.2, 0.25) is 47.3 Å². The normalized spacial score (nSPS) is 22.3. The molecule has 8 amide bonds. The van der Waals surface area contributed by atoms with Gasteiger partial charge in [0.05, 0.1) is 30.9 Å². The zero-order valence-electron chi connectivity index (χ0n) is 42.8. The number of carbonyl (C=O) groups is 8. The number of nitrogens with two attached hydrogens (primary N) is 2. The van der Waals surface area contributed by atoms with Crippen molar-refractivity contribution in [3.8, 4) is 0 Å². The van der Waals surface area contributed by atoms with Crippen LogP contribution in [0.2, 0.25) is 0 Å². The van der Waals surface area contributed by atoms with Gasteiger partial charge in [-0.15, -0.1) is 0 Å². The van der Waals surface area contributed by atoms with Crippen molar-refractivity contribution in [1.82, 2.24) is 47.5 Å². The fourth-order valence-corrected chi connectivity index (χ4v) is 10.7. The van der Waals surface area contributed by atoms with Gasteiger partial charge in [0.1, 0.15) is 42.3 Å². The third kappa shape index (κ3) is 19.0. The van der Waals surface area contributed by atoms with Crippen LogP contribution >= 0.6 is 34.2 Å². The van der Waals surface area contributed by atoms with Crippen LogP contribution in [0.4, 0.5) is 0 Å². The van der Waals surface area contributed by atoms with Crippen LogP contribution in [-0.2, 0) is 57.6 Å². The molecule has 418 valence electrons. The largest absolute Gasteiger partial charge is 0.394 e. The average Bonchev–Trinajstić information content (AvgIpc) is 3.83. The van der Waals surface area contributed by atoms with E-state index in [2.05, 4.69) is 60.1 Å². The molecule has 1 fully saturated rings. The van der Waals surface area contributed by atoms with Gasteiger partial charge in [-0.1, -0.05) is 100 Å². The van der Waals surface area contributed by atoms with Crippen molar-refractivity contribution in [2.24, 2.45) is 11.5 Å². The van der Waals surface area contributed by atoms with E-state index < -0.39 is 120 Å². The summed E-state index contributed by atoms with van der Waals surface area (Å²) in [6, 6.07) is 12.5. The number of H-pyrrole nitrogens is 1. The molecule has 25 heteroatoms. The molecule has 16 N–H and O–H groups in total. The van der Waals surface area contributed by atoms with Crippen LogP contribution in [0.25, 0.3) is 10.9 Å². The highest BCUT2D eigenvalue weighted by Gasteiger charge is 2.37. The minimum atomic E-state index is -1.70. The second kappa shape index (κ2) is 31.3. The number of benzene rings is 3. The molecule has 1 aliphatic rings. The van der Waals surface area contributed by atoms with Crippen LogP contribution in [0.5, 0.6) is 0 Å². The molecule has 5 rings (SSSR count). The summed E-state index contributed by atoms with van der Waals surface area (Å²) in [7, 11) is 1.96. The van der Waals surface area contributed by atoms with Crippen molar-refractivity contribution in [1.29, 1.82) is 0 Å². The average molecular weight is 1120 g/mol. The van der Waals surface area contributed by atoms with Crippen molar-refractivity contribution in [2.45, 2.75) is 119 Å². The molecule has 4 aromatic rings. The number of aliphatic hydroxyl groups is 3. The van der Waals surface area contributed by atoms with Gasteiger partial charge in [0.25, 0.3) is 0 Å². The van der Waals surface area contributed by atoms with Gasteiger partial charge < -0.3 is 74.3 Å². The Morgan fingerprint density at radius 1 is 0.714 bits per heavy atom. The highest BCUT2D eigenvalue weighted by molar-refractivity contribution is 8.76. The van der Waals surface area contributed by atoms with Crippen LogP contribution < -0.4 is 54.0 Å². The lowest BCUT2D eigenvalue weighted by atomic mass is 10.0. The smallest absolute Gasteiger partial charge is 0.245 e. The molecule has 1 aromatic heterocycles. The Morgan fingerprint density at radius 2 is 1.31 bits per heavy atom. The van der Waals surface area contributed by atoms with Crippen molar-refractivity contribution >= 4 is 92.4 Å². The lowest BCUT2D eigenvalue weighted by Crippen LogP contribution is -2.62. The molecule has 3 aromatic carbocycles. The van der Waals surface area contributed by atoms with Crippen LogP contribution in [-0.4, -0.2) is 165 Å². The maximum atomic E-state index is 14.9. The molecule has 0 unspecified atom stereocenters. The summed E-state index contributed by atoms with van der Waals surface area (Å²) < 4.78 is 0. The van der Waals surface area contributed by atoms with E-state index in [1.54, 1.807) is 72.9 Å². The van der Waals surface area contributed by atoms with Crippen LogP contribution in [0.15, 0.2) is 91.1 Å². The van der Waals surface area contributed by atoms with E-state index in [0.717, 1.165) is 32.5 Å². The Balaban J connectivity index is 1.60. The molecule has 0 spiro atoms. The number of rotatable bonds is 20. The molecule has 1 saturated heterocycles. The highest BCUT2D eigenvalue weighted by Crippen LogP contribution is 2.24. The molecular weight excluding hydrogens is 1050 g/mol. The number of unbranched alkanes of at least 4 members (excludes halogenated alkanes) is 1. The van der Waals surface area contributed by atoms with Crippen molar-refractivity contribution in [3.63, 3.8) is 0 Å². The maximum Gasteiger partial charge on any atom is 0.245 e. The van der Waals surface area contributed by atoms with E-state index in [4.69, 9.17) is 11.5 Å². The zero-order valence-corrected chi connectivity index (χ0v) is 45.3. The minimum absolute atomic E-state index is 0.00907. The van der Waals surface area contributed by atoms with E-state index in [1.165, 1.54) is 13.8 Å². The number of aliphatic hydroxyl groups excluding tert-OH is 3. The number of thiol groups is 1. The maximum absolute atomic E-state index is 14.9. The summed E-state index contributed by atoms with van der Waals surface area (Å²) in [6.07, 6.45) is -0.556. The number of fused-ring (bicyclic) bond motifs is 1. The summed E-state index contributed by atoms with van der Waals surface area (Å²) in [5.41, 5.74) is 14.4. The molecule has 2 heterocycles. The SMILES string of the molecule is C[C@@H](O)[C@@H]1NC(=O)[C@H](CCCCN)NC(=O)[C@@H](Cc2c[nH]c3ccccc23)NC(=O)[C@H](Cc2ccccc2)NC(=O)[C@@H](NC(=O)[C@@H](Cc2ccccc2)NC(=O)[C@@H](N)CS)CSSC[C@@H](C(=O)N[C@H](CO)[C@@H](C)O)NC1=O. The topological polar surface area (TPSA) is 361 Å². The first-order valence-corrected chi connectivity index (χ1v) is 28.4. The summed E-state index contributed by atoms with van der Waals surface area (Å²) in [4.78, 5) is 118. The first-order valence-electron chi connectivity index (χ1n) is 25.3. The standard InChI is InChI=1S/C52H71N11O11S3/c1-29(65)41(25-64)60-51(73)43-28-77-76-27-42(61-48(70)38(57-45(67)35(54)26-75)21-31-13-5-3-6-14-31)50(72)58-39(22-32-15-7-4-8-16-32)47(69)59-40(23-33-24-55-36-18-10-9-17-34(33)36)49(71)56-37(19-11-12-20-53)46(68)63-44(30(2)66)52(74)62-43/h3-10,13-18,24,29-30,35,37-44,55,64-66,75H,11-12,19-23,25-28,53-54H2,1-2H3,(H,56,71)(H,57,67)(H,58,72)(H,59,69)(H,60,73)(H,61,70)(H,62,74)(H,63,68)/t29-,30-,35+,37+,38-,39+,40-,41-,42+,43+,44+/m1/s1. The molecule has 22 nitrogen and oxygen atoms in total. The van der Waals surface area contributed by atoms with E-state index in [1.807, 2.05) is 18.2 Å². The Kier molecular flexibility index (Phi) is 25.0. The number of aromatic nitrogens is 1. The molecular formula is C52H71N11O11S3. The second-order valence-corrected chi connectivity index (χ2v) is 21.6. The van der Waals surface area contributed by atoms with Gasteiger partial charge in [-0.25, -0.2) is 0 Å². The quantitative estimate of drug-likeness (QED) is 0.0275. The minimum Gasteiger partial charge on any atom is -0.394 e. The zero-order chi connectivity index (χ0) is 56.0. The molecule has 0 aliphatic carbocycles. The van der Waals surface area contributed by atoms with Gasteiger partial charge in [-0.3, -0.25) is 38.4 Å². The first-order chi connectivity index (χ1) is 36.9. The monoisotopic (exact) mass is 1120 g/mol. The van der Waals surface area contributed by atoms with Crippen molar-refractivity contribution < 1.29 is 53.7 Å². The number of hydrogen-bond donors (Lipinski definition) is 15. The van der Waals surface area contributed by atoms with Gasteiger partial charge in [0, 0.05) is 53.6 Å². The highest BCUT2D eigenvalue weighted by atomic mass is 33.1.